The Morgan fingerprint density at radius 3 is 2.25 bits per heavy atom. The smallest absolute Gasteiger partial charge is 0.284 e. The highest BCUT2D eigenvalue weighted by Crippen LogP contribution is 2.08. The van der Waals surface area contributed by atoms with Crippen LogP contribution >= 0.6 is 0 Å². The van der Waals surface area contributed by atoms with Crippen molar-refractivity contribution < 1.29 is 19.2 Å². The van der Waals surface area contributed by atoms with Gasteiger partial charge < -0.3 is 9.57 Å². The van der Waals surface area contributed by atoms with Crippen LogP contribution in [-0.2, 0) is 32.4 Å². The molecule has 6 nitrogen and oxygen atoms in total. The summed E-state index contributed by atoms with van der Waals surface area (Å²) < 4.78 is 5.26. The third-order valence-corrected chi connectivity index (χ3v) is 3.39. The molecule has 1 aliphatic heterocycles. The molecule has 0 saturated carbocycles. The molecule has 0 bridgehead atoms. The van der Waals surface area contributed by atoms with Gasteiger partial charge in [-0.2, -0.15) is 0 Å². The molecule has 0 aliphatic carbocycles. The van der Waals surface area contributed by atoms with Crippen molar-refractivity contribution >= 4 is 11.8 Å². The molecule has 24 heavy (non-hydrogen) atoms. The Morgan fingerprint density at radius 1 is 0.958 bits per heavy atom. The quantitative estimate of drug-likeness (QED) is 0.765. The Morgan fingerprint density at radius 2 is 1.58 bits per heavy atom. The fraction of sp³-hybridized carbons (Fsp3) is 0.222. The maximum absolute atomic E-state index is 11.8. The average Bonchev–Trinajstić information content (AvgIpc) is 2.64. The van der Waals surface area contributed by atoms with E-state index >= 15 is 0 Å². The number of nitrogens with zero attached hydrogens (tertiary/aromatic N) is 2. The Bertz CT molecular complexity index is 689. The number of carbonyl (C=O) groups is 1. The summed E-state index contributed by atoms with van der Waals surface area (Å²) in [6.45, 7) is 0.667. The molecule has 0 N–H and O–H groups in total. The van der Waals surface area contributed by atoms with E-state index < -0.39 is 0 Å². The van der Waals surface area contributed by atoms with E-state index in [9.17, 15) is 4.79 Å². The predicted octanol–water partition coefficient (Wildman–Crippen LogP) is 2.51. The minimum atomic E-state index is -0.243. The van der Waals surface area contributed by atoms with Gasteiger partial charge in [0.05, 0.1) is 0 Å². The molecule has 1 saturated heterocycles. The Kier molecular flexibility index (Phi) is 5.42. The number of oxime groups is 1. The molecule has 6 heteroatoms. The topological polar surface area (TPSA) is 60.4 Å². The van der Waals surface area contributed by atoms with Crippen molar-refractivity contribution in [1.82, 2.24) is 5.06 Å². The zero-order valence-corrected chi connectivity index (χ0v) is 13.1. The highest BCUT2D eigenvalue weighted by Gasteiger charge is 2.25. The summed E-state index contributed by atoms with van der Waals surface area (Å²) in [7, 11) is 0. The van der Waals surface area contributed by atoms with Gasteiger partial charge in [0.1, 0.15) is 19.8 Å². The fourth-order valence-corrected chi connectivity index (χ4v) is 2.13. The predicted molar refractivity (Wildman–Crippen MR) is 87.6 cm³/mol. The second-order valence-corrected chi connectivity index (χ2v) is 5.22. The molecule has 0 aromatic heterocycles. The summed E-state index contributed by atoms with van der Waals surface area (Å²) in [5, 5.41) is 5.19. The van der Waals surface area contributed by atoms with Crippen LogP contribution in [-0.4, -0.2) is 30.0 Å². The number of carbonyl (C=O) groups excluding carboxylic acids is 1. The van der Waals surface area contributed by atoms with Gasteiger partial charge in [-0.25, -0.2) is 5.06 Å². The zero-order valence-electron chi connectivity index (χ0n) is 13.1. The average molecular weight is 326 g/mol. The molecule has 0 atom stereocenters. The van der Waals surface area contributed by atoms with E-state index in [1.807, 2.05) is 60.7 Å². The lowest BCUT2D eigenvalue weighted by atomic mass is 10.2. The highest BCUT2D eigenvalue weighted by atomic mass is 16.7. The summed E-state index contributed by atoms with van der Waals surface area (Å²) in [5.74, 6) is 0.0755. The van der Waals surface area contributed by atoms with Gasteiger partial charge in [0.25, 0.3) is 5.91 Å². The maximum atomic E-state index is 11.8. The summed E-state index contributed by atoms with van der Waals surface area (Å²) in [4.78, 5) is 22.7. The third-order valence-electron chi connectivity index (χ3n) is 3.39. The number of hydrogen-bond acceptors (Lipinski definition) is 5. The number of benzene rings is 2. The molecule has 0 spiro atoms. The van der Waals surface area contributed by atoms with Gasteiger partial charge in [0, 0.05) is 0 Å². The second-order valence-electron chi connectivity index (χ2n) is 5.22. The van der Waals surface area contributed by atoms with Crippen LogP contribution in [0, 0.1) is 0 Å². The van der Waals surface area contributed by atoms with Gasteiger partial charge in [-0.15, -0.1) is 0 Å². The summed E-state index contributed by atoms with van der Waals surface area (Å²) in [6, 6.07) is 19.3. The van der Waals surface area contributed by atoms with Crippen LogP contribution in [0.3, 0.4) is 0 Å². The lowest BCUT2D eigenvalue weighted by Gasteiger charge is -2.26. The Hall–Kier alpha value is -2.86. The lowest BCUT2D eigenvalue weighted by molar-refractivity contribution is -0.195. The van der Waals surface area contributed by atoms with Crippen molar-refractivity contribution in [3.8, 4) is 0 Å². The standard InChI is InChI=1S/C18H18N2O4/c21-18-14-22-17(19-23-12-15-7-3-1-4-8-15)11-20(18)24-13-16-9-5-2-6-10-16/h1-10H,11-14H2. The van der Waals surface area contributed by atoms with Crippen LogP contribution in [0.25, 0.3) is 0 Å². The molecule has 1 aliphatic rings. The van der Waals surface area contributed by atoms with E-state index in [-0.39, 0.29) is 19.1 Å². The molecule has 124 valence electrons. The lowest BCUT2D eigenvalue weighted by Crippen LogP contribution is -2.44. The van der Waals surface area contributed by atoms with Crippen LogP contribution < -0.4 is 0 Å². The van der Waals surface area contributed by atoms with Crippen molar-refractivity contribution in [3.63, 3.8) is 0 Å². The number of hydrogen-bond donors (Lipinski definition) is 0. The molecule has 1 amide bonds. The van der Waals surface area contributed by atoms with Gasteiger partial charge in [-0.3, -0.25) is 9.63 Å². The molecule has 0 unspecified atom stereocenters. The molecular formula is C18H18N2O4. The number of amides is 1. The van der Waals surface area contributed by atoms with Crippen LogP contribution in [0.1, 0.15) is 11.1 Å². The van der Waals surface area contributed by atoms with Gasteiger partial charge in [0.15, 0.2) is 6.61 Å². The molecule has 1 heterocycles. The molecule has 1 fully saturated rings. The highest BCUT2D eigenvalue weighted by molar-refractivity contribution is 5.89. The monoisotopic (exact) mass is 326 g/mol. The van der Waals surface area contributed by atoms with E-state index in [1.165, 1.54) is 5.06 Å². The van der Waals surface area contributed by atoms with Crippen LogP contribution in [0.2, 0.25) is 0 Å². The first-order valence-corrected chi connectivity index (χ1v) is 7.64. The van der Waals surface area contributed by atoms with E-state index in [0.717, 1.165) is 11.1 Å². The van der Waals surface area contributed by atoms with Gasteiger partial charge in [0.2, 0.25) is 5.90 Å². The first-order chi connectivity index (χ1) is 11.8. The fourth-order valence-electron chi connectivity index (χ4n) is 2.13. The van der Waals surface area contributed by atoms with Crippen molar-refractivity contribution in [2.45, 2.75) is 13.2 Å². The minimum absolute atomic E-state index is 0.109. The minimum Gasteiger partial charge on any atom is -0.467 e. The van der Waals surface area contributed by atoms with Crippen LogP contribution in [0.4, 0.5) is 0 Å². The SMILES string of the molecule is O=C1COC(=NOCc2ccccc2)CN1OCc1ccccc1. The first-order valence-electron chi connectivity index (χ1n) is 7.64. The van der Waals surface area contributed by atoms with Crippen LogP contribution in [0.15, 0.2) is 65.8 Å². The number of ether oxygens (including phenoxy) is 1. The largest absolute Gasteiger partial charge is 0.467 e. The number of hydroxylamine groups is 2. The summed E-state index contributed by atoms with van der Waals surface area (Å²) in [5.41, 5.74) is 1.99. The number of rotatable bonds is 6. The van der Waals surface area contributed by atoms with Crippen molar-refractivity contribution in [3.05, 3.63) is 71.8 Å². The van der Waals surface area contributed by atoms with E-state index in [2.05, 4.69) is 5.16 Å². The normalized spacial score (nSPS) is 16.1. The third kappa shape index (κ3) is 4.57. The van der Waals surface area contributed by atoms with Gasteiger partial charge in [-0.05, 0) is 16.3 Å². The molecular weight excluding hydrogens is 308 g/mol. The zero-order chi connectivity index (χ0) is 16.6. The van der Waals surface area contributed by atoms with Gasteiger partial charge >= 0.3 is 0 Å². The molecule has 2 aromatic carbocycles. The van der Waals surface area contributed by atoms with Crippen molar-refractivity contribution in [2.24, 2.45) is 5.16 Å². The van der Waals surface area contributed by atoms with E-state index in [0.29, 0.717) is 19.1 Å². The van der Waals surface area contributed by atoms with Crippen molar-refractivity contribution in [1.29, 1.82) is 0 Å². The summed E-state index contributed by atoms with van der Waals surface area (Å²) >= 11 is 0. The first kappa shape index (κ1) is 16.0. The number of morpholine rings is 1. The molecule has 3 rings (SSSR count). The summed E-state index contributed by atoms with van der Waals surface area (Å²) in [6.07, 6.45) is 0. The Labute approximate surface area is 140 Å². The molecule has 2 aromatic rings. The second kappa shape index (κ2) is 8.12. The van der Waals surface area contributed by atoms with E-state index in [4.69, 9.17) is 14.4 Å². The Balaban J connectivity index is 1.51. The maximum Gasteiger partial charge on any atom is 0.284 e. The van der Waals surface area contributed by atoms with E-state index in [1.54, 1.807) is 0 Å². The van der Waals surface area contributed by atoms with Gasteiger partial charge in [-0.1, -0.05) is 60.7 Å². The van der Waals surface area contributed by atoms with Crippen LogP contribution in [0.5, 0.6) is 0 Å². The van der Waals surface area contributed by atoms with Crippen molar-refractivity contribution in [2.75, 3.05) is 13.2 Å². The molecule has 0 radical (unpaired) electrons.